The first-order valence-electron chi connectivity index (χ1n) is 6.53. The topological polar surface area (TPSA) is 78.6 Å². The van der Waals surface area contributed by atoms with Gasteiger partial charge in [-0.25, -0.2) is 0 Å². The number of rotatable bonds is 2. The fourth-order valence-corrected chi connectivity index (χ4v) is 2.63. The van der Waals surface area contributed by atoms with Crippen LogP contribution in [0.4, 0.5) is 5.69 Å². The molecule has 0 saturated heterocycles. The molecule has 0 fully saturated rings. The number of benzene rings is 1. The third-order valence-corrected chi connectivity index (χ3v) is 4.24. The molecular formula is C15H18INO4Si. The Hall–Kier alpha value is -1.53. The Morgan fingerprint density at radius 2 is 1.73 bits per heavy atom. The summed E-state index contributed by atoms with van der Waals surface area (Å²) >= 11 is 1.95. The number of halogens is 1. The van der Waals surface area contributed by atoms with E-state index in [1.54, 1.807) is 0 Å². The Kier molecular flexibility index (Phi) is 6.02. The number of anilines is 1. The predicted octanol–water partition coefficient (Wildman–Crippen LogP) is 2.95. The van der Waals surface area contributed by atoms with E-state index < -0.39 is 20.0 Å². The van der Waals surface area contributed by atoms with E-state index in [-0.39, 0.29) is 11.5 Å². The van der Waals surface area contributed by atoms with Crippen molar-refractivity contribution in [2.45, 2.75) is 33.5 Å². The Labute approximate surface area is 144 Å². The first kappa shape index (κ1) is 18.5. The van der Waals surface area contributed by atoms with Crippen molar-refractivity contribution in [2.75, 3.05) is 5.73 Å². The summed E-state index contributed by atoms with van der Waals surface area (Å²) in [5.74, 6) is 2.28. The summed E-state index contributed by atoms with van der Waals surface area (Å²) in [6.07, 6.45) is 0. The third kappa shape index (κ3) is 5.34. The van der Waals surface area contributed by atoms with Gasteiger partial charge in [-0.3, -0.25) is 9.59 Å². The lowest BCUT2D eigenvalue weighted by Gasteiger charge is -2.14. The third-order valence-electron chi connectivity index (χ3n) is 2.30. The Balaban J connectivity index is 3.49. The molecule has 1 aromatic rings. The second-order valence-electron chi connectivity index (χ2n) is 5.67. The van der Waals surface area contributed by atoms with Crippen molar-refractivity contribution in [1.82, 2.24) is 0 Å². The molecule has 0 atom stereocenters. The van der Waals surface area contributed by atoms with Gasteiger partial charge >= 0.3 is 11.9 Å². The van der Waals surface area contributed by atoms with Crippen LogP contribution < -0.4 is 15.2 Å². The molecular weight excluding hydrogens is 413 g/mol. The highest BCUT2D eigenvalue weighted by Gasteiger charge is 2.19. The number of nitrogens with two attached hydrogens (primary N) is 1. The van der Waals surface area contributed by atoms with E-state index in [0.717, 1.165) is 0 Å². The van der Waals surface area contributed by atoms with E-state index in [0.29, 0.717) is 14.8 Å². The minimum Gasteiger partial charge on any atom is -0.423 e. The number of esters is 2. The number of nitrogen functional groups attached to an aromatic ring is 1. The van der Waals surface area contributed by atoms with Gasteiger partial charge in [0.2, 0.25) is 0 Å². The number of carbonyl (C=O) groups excluding carboxylic acids is 2. The number of hydrogen-bond donors (Lipinski definition) is 1. The zero-order valence-corrected chi connectivity index (χ0v) is 16.3. The van der Waals surface area contributed by atoms with Gasteiger partial charge in [0.05, 0.1) is 14.8 Å². The van der Waals surface area contributed by atoms with E-state index >= 15 is 0 Å². The zero-order chi connectivity index (χ0) is 17.1. The molecule has 0 spiro atoms. The molecule has 2 N–H and O–H groups in total. The summed E-state index contributed by atoms with van der Waals surface area (Å²) < 4.78 is 10.7. The predicted molar refractivity (Wildman–Crippen MR) is 96.4 cm³/mol. The summed E-state index contributed by atoms with van der Waals surface area (Å²) in [6.45, 7) is 8.88. The molecule has 0 radical (unpaired) electrons. The maximum absolute atomic E-state index is 11.3. The first-order valence-corrected chi connectivity index (χ1v) is 11.1. The number of ether oxygens (including phenoxy) is 2. The SMILES string of the molecule is CC(=O)Oc1cc(C#C[Si](C)(C)C)c(N)c(I)c1OC(C)=O. The lowest BCUT2D eigenvalue weighted by molar-refractivity contribution is -0.134. The van der Waals surface area contributed by atoms with E-state index in [1.807, 2.05) is 22.6 Å². The lowest BCUT2D eigenvalue weighted by Crippen LogP contribution is -2.16. The second kappa shape index (κ2) is 7.15. The lowest BCUT2D eigenvalue weighted by atomic mass is 10.1. The summed E-state index contributed by atoms with van der Waals surface area (Å²) in [4.78, 5) is 22.5. The molecule has 7 heteroatoms. The van der Waals surface area contributed by atoms with Gasteiger partial charge in [0.15, 0.2) is 11.5 Å². The van der Waals surface area contributed by atoms with Crippen molar-refractivity contribution in [3.8, 4) is 23.0 Å². The second-order valence-corrected chi connectivity index (χ2v) is 11.5. The van der Waals surface area contributed by atoms with Crippen molar-refractivity contribution in [2.24, 2.45) is 0 Å². The minimum absolute atomic E-state index is 0.138. The molecule has 0 aliphatic heterocycles. The van der Waals surface area contributed by atoms with Crippen molar-refractivity contribution >= 4 is 48.3 Å². The Morgan fingerprint density at radius 1 is 1.18 bits per heavy atom. The maximum Gasteiger partial charge on any atom is 0.308 e. The molecule has 0 bridgehead atoms. The van der Waals surface area contributed by atoms with Crippen molar-refractivity contribution in [3.63, 3.8) is 0 Å². The molecule has 0 amide bonds. The van der Waals surface area contributed by atoms with Gasteiger partial charge in [0, 0.05) is 19.9 Å². The van der Waals surface area contributed by atoms with Crippen molar-refractivity contribution in [1.29, 1.82) is 0 Å². The van der Waals surface area contributed by atoms with Crippen LogP contribution in [0.15, 0.2) is 6.07 Å². The van der Waals surface area contributed by atoms with Crippen LogP contribution in [0.3, 0.4) is 0 Å². The fraction of sp³-hybridized carbons (Fsp3) is 0.333. The highest BCUT2D eigenvalue weighted by molar-refractivity contribution is 14.1. The molecule has 0 saturated carbocycles. The van der Waals surface area contributed by atoms with Gasteiger partial charge < -0.3 is 15.2 Å². The average molecular weight is 431 g/mol. The number of carbonyl (C=O) groups is 2. The van der Waals surface area contributed by atoms with Crippen LogP contribution in [-0.4, -0.2) is 20.0 Å². The maximum atomic E-state index is 11.3. The largest absolute Gasteiger partial charge is 0.423 e. The molecule has 0 aromatic heterocycles. The van der Waals surface area contributed by atoms with Crippen LogP contribution >= 0.6 is 22.6 Å². The average Bonchev–Trinajstić information content (AvgIpc) is 2.34. The standard InChI is InChI=1S/C15H18INO4Si/c1-9(18)20-12-8-11(6-7-22(3,4)5)14(17)13(16)15(12)21-10(2)19/h8H,17H2,1-5H3. The van der Waals surface area contributed by atoms with Crippen LogP contribution in [0.1, 0.15) is 19.4 Å². The monoisotopic (exact) mass is 431 g/mol. The molecule has 1 rings (SSSR count). The Morgan fingerprint density at radius 3 is 2.18 bits per heavy atom. The van der Waals surface area contributed by atoms with Crippen LogP contribution in [0, 0.1) is 15.0 Å². The van der Waals surface area contributed by atoms with Crippen LogP contribution in [0.5, 0.6) is 11.5 Å². The highest BCUT2D eigenvalue weighted by atomic mass is 127. The molecule has 22 heavy (non-hydrogen) atoms. The summed E-state index contributed by atoms with van der Waals surface area (Å²) in [6, 6.07) is 1.53. The van der Waals surface area contributed by atoms with E-state index in [2.05, 4.69) is 31.1 Å². The van der Waals surface area contributed by atoms with E-state index in [1.165, 1.54) is 19.9 Å². The minimum atomic E-state index is -1.58. The molecule has 0 heterocycles. The normalized spacial score (nSPS) is 10.5. The molecule has 0 aliphatic carbocycles. The smallest absolute Gasteiger partial charge is 0.308 e. The zero-order valence-electron chi connectivity index (χ0n) is 13.2. The van der Waals surface area contributed by atoms with Gasteiger partial charge in [-0.1, -0.05) is 25.6 Å². The Bertz CT molecular complexity index is 683. The number of hydrogen-bond acceptors (Lipinski definition) is 5. The van der Waals surface area contributed by atoms with E-state index in [9.17, 15) is 9.59 Å². The van der Waals surface area contributed by atoms with Crippen molar-refractivity contribution < 1.29 is 19.1 Å². The first-order chi connectivity index (χ1) is 10.0. The van der Waals surface area contributed by atoms with Gasteiger partial charge in [-0.15, -0.1) is 5.54 Å². The van der Waals surface area contributed by atoms with Gasteiger partial charge in [0.25, 0.3) is 0 Å². The molecule has 5 nitrogen and oxygen atoms in total. The van der Waals surface area contributed by atoms with Crippen molar-refractivity contribution in [3.05, 3.63) is 15.2 Å². The summed E-state index contributed by atoms with van der Waals surface area (Å²) in [5.41, 5.74) is 10.2. The highest BCUT2D eigenvalue weighted by Crippen LogP contribution is 2.38. The fourth-order valence-electron chi connectivity index (χ4n) is 1.45. The van der Waals surface area contributed by atoms with Gasteiger partial charge in [-0.05, 0) is 22.6 Å². The van der Waals surface area contributed by atoms with Crippen LogP contribution in [0.25, 0.3) is 0 Å². The molecule has 1 aromatic carbocycles. The molecule has 0 unspecified atom stereocenters. The van der Waals surface area contributed by atoms with Crippen LogP contribution in [0.2, 0.25) is 19.6 Å². The molecule has 0 aliphatic rings. The van der Waals surface area contributed by atoms with E-state index in [4.69, 9.17) is 15.2 Å². The van der Waals surface area contributed by atoms with Gasteiger partial charge in [0.1, 0.15) is 8.07 Å². The summed E-state index contributed by atoms with van der Waals surface area (Å²) in [5, 5.41) is 0. The summed E-state index contributed by atoms with van der Waals surface area (Å²) in [7, 11) is -1.58. The molecule has 118 valence electrons. The van der Waals surface area contributed by atoms with Gasteiger partial charge in [-0.2, -0.15) is 0 Å². The quantitative estimate of drug-likeness (QED) is 0.195. The van der Waals surface area contributed by atoms with Crippen LogP contribution in [-0.2, 0) is 9.59 Å².